The van der Waals surface area contributed by atoms with E-state index in [1.807, 2.05) is 4.90 Å². The molecule has 28 heavy (non-hydrogen) atoms. The van der Waals surface area contributed by atoms with Gasteiger partial charge in [0, 0.05) is 37.8 Å². The van der Waals surface area contributed by atoms with Crippen molar-refractivity contribution in [3.8, 4) is 11.3 Å². The summed E-state index contributed by atoms with van der Waals surface area (Å²) in [6.07, 6.45) is 3.70. The Kier molecular flexibility index (Phi) is 5.49. The summed E-state index contributed by atoms with van der Waals surface area (Å²) in [7, 11) is 0. The number of aromatic nitrogens is 2. The first-order valence-corrected chi connectivity index (χ1v) is 10.4. The number of carbonyl (C=O) groups is 1. The second-order valence-electron chi connectivity index (χ2n) is 8.53. The molecule has 1 atom stereocenters. The highest BCUT2D eigenvalue weighted by atomic mass is 19.1. The Hall–Kier alpha value is -2.21. The molecule has 1 saturated carbocycles. The number of nitrogens with zero attached hydrogens (tertiary/aromatic N) is 3. The molecule has 1 aliphatic heterocycles. The molecule has 0 bridgehead atoms. The van der Waals surface area contributed by atoms with Crippen molar-refractivity contribution in [3.05, 3.63) is 41.8 Å². The van der Waals surface area contributed by atoms with Gasteiger partial charge in [0.2, 0.25) is 0 Å². The molecule has 2 aliphatic rings. The molecule has 150 valence electrons. The summed E-state index contributed by atoms with van der Waals surface area (Å²) in [5.74, 6) is 1.08. The number of aromatic amines is 1. The zero-order valence-electron chi connectivity index (χ0n) is 16.7. The highest BCUT2D eigenvalue weighted by Crippen LogP contribution is 2.32. The standard InChI is InChI=1S/C22H29FN4O/c1-15(2)21-14-27(11-3-10-26(21)13-16-4-5-16)22(28)20-12-19(24-25-20)17-6-8-18(23)9-7-17/h6-9,12,15-16,21H,3-5,10-11,13-14H2,1-2H3,(H,24,25)/t21-/m1/s1. The molecular formula is C22H29FN4O. The summed E-state index contributed by atoms with van der Waals surface area (Å²) >= 11 is 0. The number of H-pyrrole nitrogens is 1. The second-order valence-corrected chi connectivity index (χ2v) is 8.53. The molecule has 1 aromatic heterocycles. The van der Waals surface area contributed by atoms with E-state index in [9.17, 15) is 9.18 Å². The van der Waals surface area contributed by atoms with Crippen molar-refractivity contribution in [1.29, 1.82) is 0 Å². The summed E-state index contributed by atoms with van der Waals surface area (Å²) in [5, 5.41) is 7.15. The van der Waals surface area contributed by atoms with Gasteiger partial charge in [0.05, 0.1) is 5.69 Å². The first kappa shape index (κ1) is 19.1. The van der Waals surface area contributed by atoms with E-state index >= 15 is 0 Å². The van der Waals surface area contributed by atoms with Gasteiger partial charge in [0.25, 0.3) is 5.91 Å². The first-order valence-electron chi connectivity index (χ1n) is 10.4. The van der Waals surface area contributed by atoms with Crippen LogP contribution in [0.25, 0.3) is 11.3 Å². The van der Waals surface area contributed by atoms with E-state index in [4.69, 9.17) is 0 Å². The number of nitrogens with one attached hydrogen (secondary N) is 1. The third-order valence-corrected chi connectivity index (χ3v) is 5.94. The fraction of sp³-hybridized carbons (Fsp3) is 0.545. The molecule has 1 aromatic carbocycles. The van der Waals surface area contributed by atoms with Crippen molar-refractivity contribution in [2.75, 3.05) is 26.2 Å². The summed E-state index contributed by atoms with van der Waals surface area (Å²) in [5.41, 5.74) is 1.95. The maximum atomic E-state index is 13.1. The lowest BCUT2D eigenvalue weighted by Crippen LogP contribution is -2.46. The summed E-state index contributed by atoms with van der Waals surface area (Å²) in [6.45, 7) is 8.27. The highest BCUT2D eigenvalue weighted by molar-refractivity contribution is 5.93. The van der Waals surface area contributed by atoms with E-state index in [-0.39, 0.29) is 11.7 Å². The topological polar surface area (TPSA) is 52.2 Å². The van der Waals surface area contributed by atoms with Crippen LogP contribution >= 0.6 is 0 Å². The van der Waals surface area contributed by atoms with Crippen molar-refractivity contribution in [2.24, 2.45) is 11.8 Å². The molecule has 1 saturated heterocycles. The molecule has 0 spiro atoms. The second kappa shape index (κ2) is 8.03. The lowest BCUT2D eigenvalue weighted by molar-refractivity contribution is 0.0698. The van der Waals surface area contributed by atoms with Crippen LogP contribution < -0.4 is 0 Å². The fourth-order valence-electron chi connectivity index (χ4n) is 4.11. The summed E-state index contributed by atoms with van der Waals surface area (Å²) < 4.78 is 13.1. The first-order chi connectivity index (χ1) is 13.5. The van der Waals surface area contributed by atoms with Gasteiger partial charge >= 0.3 is 0 Å². The molecule has 2 fully saturated rings. The van der Waals surface area contributed by atoms with Gasteiger partial charge in [0.15, 0.2) is 0 Å². The van der Waals surface area contributed by atoms with Gasteiger partial charge in [-0.3, -0.25) is 14.8 Å². The number of amides is 1. The lowest BCUT2D eigenvalue weighted by Gasteiger charge is -2.34. The Labute approximate surface area is 165 Å². The smallest absolute Gasteiger partial charge is 0.271 e. The number of rotatable bonds is 5. The van der Waals surface area contributed by atoms with Crippen molar-refractivity contribution >= 4 is 5.91 Å². The maximum absolute atomic E-state index is 13.1. The van der Waals surface area contributed by atoms with Gasteiger partial charge < -0.3 is 4.90 Å². The summed E-state index contributed by atoms with van der Waals surface area (Å²) in [6, 6.07) is 8.33. The largest absolute Gasteiger partial charge is 0.336 e. The number of halogens is 1. The molecule has 0 radical (unpaired) electrons. The molecule has 6 heteroatoms. The Morgan fingerprint density at radius 2 is 2.00 bits per heavy atom. The van der Waals surface area contributed by atoms with Crippen molar-refractivity contribution in [2.45, 2.75) is 39.2 Å². The summed E-state index contributed by atoms with van der Waals surface area (Å²) in [4.78, 5) is 17.7. The van der Waals surface area contributed by atoms with Gasteiger partial charge in [-0.1, -0.05) is 13.8 Å². The van der Waals surface area contributed by atoms with E-state index in [0.717, 1.165) is 37.5 Å². The van der Waals surface area contributed by atoms with Crippen LogP contribution in [0.1, 0.15) is 43.6 Å². The van der Waals surface area contributed by atoms with Gasteiger partial charge in [0.1, 0.15) is 11.5 Å². The fourth-order valence-corrected chi connectivity index (χ4v) is 4.11. The molecule has 2 heterocycles. The maximum Gasteiger partial charge on any atom is 0.271 e. The molecule has 1 N–H and O–H groups in total. The van der Waals surface area contributed by atoms with Crippen LogP contribution in [-0.4, -0.2) is 58.1 Å². The SMILES string of the molecule is CC(C)[C@H]1CN(C(=O)c2cc(-c3ccc(F)cc3)n[nH]2)CCCN1CC1CC1. The van der Waals surface area contributed by atoms with E-state index in [1.165, 1.54) is 31.5 Å². The minimum absolute atomic E-state index is 0.000200. The van der Waals surface area contributed by atoms with E-state index in [2.05, 4.69) is 28.9 Å². The molecule has 2 aromatic rings. The zero-order chi connectivity index (χ0) is 19.7. The van der Waals surface area contributed by atoms with E-state index < -0.39 is 0 Å². The molecule has 0 unspecified atom stereocenters. The minimum atomic E-state index is -0.282. The lowest BCUT2D eigenvalue weighted by atomic mass is 10.0. The van der Waals surface area contributed by atoms with Crippen LogP contribution in [0.2, 0.25) is 0 Å². The Bertz CT molecular complexity index is 812. The van der Waals surface area contributed by atoms with E-state index in [1.54, 1.807) is 18.2 Å². The number of hydrogen-bond acceptors (Lipinski definition) is 3. The van der Waals surface area contributed by atoms with Crippen LogP contribution in [0.4, 0.5) is 4.39 Å². The van der Waals surface area contributed by atoms with Gasteiger partial charge in [-0.15, -0.1) is 0 Å². The van der Waals surface area contributed by atoms with Crippen molar-refractivity contribution in [1.82, 2.24) is 20.0 Å². The number of hydrogen-bond donors (Lipinski definition) is 1. The quantitative estimate of drug-likeness (QED) is 0.853. The minimum Gasteiger partial charge on any atom is -0.336 e. The molecule has 1 amide bonds. The van der Waals surface area contributed by atoms with Crippen LogP contribution in [0.15, 0.2) is 30.3 Å². The zero-order valence-corrected chi connectivity index (χ0v) is 16.7. The van der Waals surface area contributed by atoms with Crippen molar-refractivity contribution in [3.63, 3.8) is 0 Å². The predicted octanol–water partition coefficient (Wildman–Crippen LogP) is 3.80. The highest BCUT2D eigenvalue weighted by Gasteiger charge is 2.33. The molecule has 4 rings (SSSR count). The monoisotopic (exact) mass is 384 g/mol. The van der Waals surface area contributed by atoms with Crippen LogP contribution in [0, 0.1) is 17.7 Å². The molecular weight excluding hydrogens is 355 g/mol. The molecule has 5 nitrogen and oxygen atoms in total. The van der Waals surface area contributed by atoms with Gasteiger partial charge in [-0.2, -0.15) is 5.10 Å². The predicted molar refractivity (Wildman–Crippen MR) is 107 cm³/mol. The third kappa shape index (κ3) is 4.27. The van der Waals surface area contributed by atoms with E-state index in [0.29, 0.717) is 23.3 Å². The number of carbonyl (C=O) groups excluding carboxylic acids is 1. The Morgan fingerprint density at radius 3 is 2.68 bits per heavy atom. The number of benzene rings is 1. The Morgan fingerprint density at radius 1 is 1.25 bits per heavy atom. The van der Waals surface area contributed by atoms with Crippen molar-refractivity contribution < 1.29 is 9.18 Å². The molecule has 1 aliphatic carbocycles. The van der Waals surface area contributed by atoms with Crippen LogP contribution in [0.5, 0.6) is 0 Å². The average molecular weight is 384 g/mol. The van der Waals surface area contributed by atoms with Gasteiger partial charge in [-0.05, 0) is 61.4 Å². The third-order valence-electron chi connectivity index (χ3n) is 5.94. The Balaban J connectivity index is 1.48. The average Bonchev–Trinajstić information content (AvgIpc) is 3.41. The van der Waals surface area contributed by atoms with Crippen LogP contribution in [0.3, 0.4) is 0 Å². The normalized spacial score (nSPS) is 21.1. The van der Waals surface area contributed by atoms with Gasteiger partial charge in [-0.25, -0.2) is 4.39 Å². The van der Waals surface area contributed by atoms with Crippen LogP contribution in [-0.2, 0) is 0 Å².